The lowest BCUT2D eigenvalue weighted by Crippen LogP contribution is -2.15. The SMILES string of the molecule is CCc1ccc(OCc2nnc(SCC(=O)Nc3ccc(Cl)cn3)n2CC)cc1. The van der Waals surface area contributed by atoms with Crippen LogP contribution in [0.5, 0.6) is 5.75 Å². The number of hydrogen-bond donors (Lipinski definition) is 1. The molecule has 0 unspecified atom stereocenters. The van der Waals surface area contributed by atoms with Crippen molar-refractivity contribution in [1.29, 1.82) is 0 Å². The Balaban J connectivity index is 1.55. The van der Waals surface area contributed by atoms with Crippen LogP contribution in [0.15, 0.2) is 47.8 Å². The number of pyridine rings is 1. The third-order valence-corrected chi connectivity index (χ3v) is 5.33. The molecule has 1 aromatic carbocycles. The maximum atomic E-state index is 12.2. The van der Waals surface area contributed by atoms with E-state index in [0.717, 1.165) is 12.2 Å². The number of aryl methyl sites for hydroxylation is 1. The number of rotatable bonds is 9. The molecule has 29 heavy (non-hydrogen) atoms. The van der Waals surface area contributed by atoms with Crippen molar-refractivity contribution >= 4 is 35.1 Å². The molecule has 9 heteroatoms. The van der Waals surface area contributed by atoms with Crippen LogP contribution in [0.2, 0.25) is 5.02 Å². The molecule has 0 aliphatic heterocycles. The highest BCUT2D eigenvalue weighted by atomic mass is 35.5. The number of aromatic nitrogens is 4. The fraction of sp³-hybridized carbons (Fsp3) is 0.300. The summed E-state index contributed by atoms with van der Waals surface area (Å²) in [5.74, 6) is 1.98. The summed E-state index contributed by atoms with van der Waals surface area (Å²) < 4.78 is 7.77. The highest BCUT2D eigenvalue weighted by Crippen LogP contribution is 2.19. The first-order chi connectivity index (χ1) is 14.1. The van der Waals surface area contributed by atoms with Gasteiger partial charge in [0.1, 0.15) is 18.2 Å². The first kappa shape index (κ1) is 21.1. The van der Waals surface area contributed by atoms with Gasteiger partial charge >= 0.3 is 0 Å². The molecule has 0 bridgehead atoms. The van der Waals surface area contributed by atoms with Crippen LogP contribution in [0.25, 0.3) is 0 Å². The van der Waals surface area contributed by atoms with Crippen LogP contribution < -0.4 is 10.1 Å². The van der Waals surface area contributed by atoms with E-state index in [1.54, 1.807) is 12.1 Å². The third-order valence-electron chi connectivity index (χ3n) is 4.14. The summed E-state index contributed by atoms with van der Waals surface area (Å²) in [6.07, 6.45) is 2.48. The van der Waals surface area contributed by atoms with Crippen LogP contribution in [0.3, 0.4) is 0 Å². The van der Waals surface area contributed by atoms with Crippen LogP contribution in [0.4, 0.5) is 5.82 Å². The topological polar surface area (TPSA) is 81.9 Å². The van der Waals surface area contributed by atoms with Crippen molar-refractivity contribution in [3.05, 3.63) is 59.0 Å². The fourth-order valence-electron chi connectivity index (χ4n) is 2.58. The molecule has 2 heterocycles. The van der Waals surface area contributed by atoms with Gasteiger partial charge in [0.15, 0.2) is 11.0 Å². The van der Waals surface area contributed by atoms with Gasteiger partial charge in [-0.3, -0.25) is 4.79 Å². The fourth-order valence-corrected chi connectivity index (χ4v) is 3.51. The van der Waals surface area contributed by atoms with Crippen molar-refractivity contribution in [3.63, 3.8) is 0 Å². The van der Waals surface area contributed by atoms with Gasteiger partial charge in [-0.1, -0.05) is 42.4 Å². The Morgan fingerprint density at radius 3 is 2.62 bits per heavy atom. The van der Waals surface area contributed by atoms with Crippen LogP contribution in [0.1, 0.15) is 25.2 Å². The zero-order chi connectivity index (χ0) is 20.6. The molecule has 152 valence electrons. The van der Waals surface area contributed by atoms with Gasteiger partial charge in [0.2, 0.25) is 5.91 Å². The van der Waals surface area contributed by atoms with Crippen molar-refractivity contribution in [2.45, 2.75) is 38.6 Å². The van der Waals surface area contributed by atoms with E-state index >= 15 is 0 Å². The predicted octanol–water partition coefficient (Wildman–Crippen LogP) is 4.22. The lowest BCUT2D eigenvalue weighted by Gasteiger charge is -2.09. The molecule has 0 spiro atoms. The van der Waals surface area contributed by atoms with Gasteiger partial charge in [-0.15, -0.1) is 10.2 Å². The van der Waals surface area contributed by atoms with Gasteiger partial charge in [0.25, 0.3) is 0 Å². The number of ether oxygens (including phenoxy) is 1. The Morgan fingerprint density at radius 2 is 1.97 bits per heavy atom. The van der Waals surface area contributed by atoms with Crippen LogP contribution in [0, 0.1) is 0 Å². The minimum Gasteiger partial charge on any atom is -0.486 e. The van der Waals surface area contributed by atoms with Crippen molar-refractivity contribution in [1.82, 2.24) is 19.7 Å². The number of amides is 1. The Bertz CT molecular complexity index is 945. The maximum absolute atomic E-state index is 12.2. The van der Waals surface area contributed by atoms with Gasteiger partial charge in [-0.2, -0.15) is 0 Å². The zero-order valence-electron chi connectivity index (χ0n) is 16.3. The van der Waals surface area contributed by atoms with Crippen molar-refractivity contribution < 1.29 is 9.53 Å². The molecule has 1 amide bonds. The van der Waals surface area contributed by atoms with E-state index in [4.69, 9.17) is 16.3 Å². The summed E-state index contributed by atoms with van der Waals surface area (Å²) >= 11 is 7.11. The second kappa shape index (κ2) is 10.3. The summed E-state index contributed by atoms with van der Waals surface area (Å²) in [5.41, 5.74) is 1.26. The quantitative estimate of drug-likeness (QED) is 0.511. The van der Waals surface area contributed by atoms with Gasteiger partial charge in [0, 0.05) is 12.7 Å². The van der Waals surface area contributed by atoms with Gasteiger partial charge in [0.05, 0.1) is 10.8 Å². The summed E-state index contributed by atoms with van der Waals surface area (Å²) in [4.78, 5) is 16.2. The summed E-state index contributed by atoms with van der Waals surface area (Å²) in [7, 11) is 0. The average molecular weight is 432 g/mol. The number of halogens is 1. The van der Waals surface area contributed by atoms with Crippen molar-refractivity contribution in [3.8, 4) is 5.75 Å². The second-order valence-corrected chi connectivity index (χ2v) is 7.51. The molecular formula is C20H22ClN5O2S. The highest BCUT2D eigenvalue weighted by molar-refractivity contribution is 7.99. The number of nitrogens with one attached hydrogen (secondary N) is 1. The Labute approximate surface area is 178 Å². The number of nitrogens with zero attached hydrogens (tertiary/aromatic N) is 4. The lowest BCUT2D eigenvalue weighted by molar-refractivity contribution is -0.113. The van der Waals surface area contributed by atoms with Crippen LogP contribution in [-0.4, -0.2) is 31.4 Å². The van der Waals surface area contributed by atoms with Crippen LogP contribution >= 0.6 is 23.4 Å². The van der Waals surface area contributed by atoms with E-state index in [9.17, 15) is 4.79 Å². The zero-order valence-corrected chi connectivity index (χ0v) is 17.8. The molecule has 1 N–H and O–H groups in total. The molecule has 0 saturated heterocycles. The number of hydrogen-bond acceptors (Lipinski definition) is 6. The van der Waals surface area contributed by atoms with Gasteiger partial charge in [-0.25, -0.2) is 4.98 Å². The maximum Gasteiger partial charge on any atom is 0.236 e. The number of anilines is 1. The molecule has 0 aliphatic rings. The van der Waals surface area contributed by atoms with Gasteiger partial charge in [-0.05, 0) is 43.2 Å². The summed E-state index contributed by atoms with van der Waals surface area (Å²) in [6.45, 7) is 5.12. The average Bonchev–Trinajstić information content (AvgIpc) is 3.14. The molecule has 0 atom stereocenters. The number of carbonyl (C=O) groups is 1. The molecule has 0 aliphatic carbocycles. The predicted molar refractivity (Wildman–Crippen MR) is 114 cm³/mol. The van der Waals surface area contributed by atoms with Crippen molar-refractivity contribution in [2.24, 2.45) is 0 Å². The summed E-state index contributed by atoms with van der Waals surface area (Å²) in [6, 6.07) is 11.3. The lowest BCUT2D eigenvalue weighted by atomic mass is 10.2. The minimum atomic E-state index is -0.177. The molecular weight excluding hydrogens is 410 g/mol. The van der Waals surface area contributed by atoms with E-state index in [1.807, 2.05) is 23.6 Å². The standard InChI is InChI=1S/C20H22ClN5O2S/c1-3-14-5-8-16(9-6-14)28-12-18-24-25-20(26(18)4-2)29-13-19(27)23-17-10-7-15(21)11-22-17/h5-11H,3-4,12-13H2,1-2H3,(H,22,23,27). The van der Waals surface area contributed by atoms with Crippen molar-refractivity contribution in [2.75, 3.05) is 11.1 Å². The number of benzene rings is 1. The Hall–Kier alpha value is -2.58. The molecule has 0 radical (unpaired) electrons. The highest BCUT2D eigenvalue weighted by Gasteiger charge is 2.14. The molecule has 3 aromatic rings. The molecule has 0 saturated carbocycles. The monoisotopic (exact) mass is 431 g/mol. The largest absolute Gasteiger partial charge is 0.486 e. The van der Waals surface area contributed by atoms with E-state index in [1.165, 1.54) is 23.5 Å². The van der Waals surface area contributed by atoms with Gasteiger partial charge < -0.3 is 14.6 Å². The third kappa shape index (κ3) is 5.95. The van der Waals surface area contributed by atoms with E-state index in [0.29, 0.717) is 35.0 Å². The number of thioether (sulfide) groups is 1. The number of carbonyl (C=O) groups excluding carboxylic acids is 1. The van der Waals surface area contributed by atoms with E-state index in [2.05, 4.69) is 39.6 Å². The molecule has 3 rings (SSSR count). The second-order valence-electron chi connectivity index (χ2n) is 6.13. The first-order valence-corrected chi connectivity index (χ1v) is 10.6. The van der Waals surface area contributed by atoms with E-state index in [-0.39, 0.29) is 11.7 Å². The summed E-state index contributed by atoms with van der Waals surface area (Å²) in [5, 5.41) is 12.3. The minimum absolute atomic E-state index is 0.177. The molecule has 0 fully saturated rings. The molecule has 2 aromatic heterocycles. The first-order valence-electron chi connectivity index (χ1n) is 9.27. The van der Waals surface area contributed by atoms with E-state index < -0.39 is 0 Å². The normalized spacial score (nSPS) is 10.7. The molecule has 7 nitrogen and oxygen atoms in total. The van der Waals surface area contributed by atoms with Crippen LogP contribution in [-0.2, 0) is 24.4 Å². The Kier molecular flexibility index (Phi) is 7.48. The smallest absolute Gasteiger partial charge is 0.236 e. The Morgan fingerprint density at radius 1 is 1.17 bits per heavy atom.